The number of anilines is 1. The van der Waals surface area contributed by atoms with Crippen LogP contribution in [0.5, 0.6) is 0 Å². The largest absolute Gasteiger partial charge is 0.353 e. The molecule has 138 valence electrons. The maximum absolute atomic E-state index is 12.7. The third-order valence-electron chi connectivity index (χ3n) is 5.54. The molecule has 2 fully saturated rings. The summed E-state index contributed by atoms with van der Waals surface area (Å²) < 4.78 is 0. The molecular formula is C19H31N5O. The number of carbonyl (C=O) groups excluding carboxylic acids is 1. The summed E-state index contributed by atoms with van der Waals surface area (Å²) in [6, 6.07) is 0.531. The van der Waals surface area contributed by atoms with Crippen molar-refractivity contribution >= 4 is 11.7 Å². The Hall–Kier alpha value is -1.69. The van der Waals surface area contributed by atoms with E-state index in [0.717, 1.165) is 44.8 Å². The van der Waals surface area contributed by atoms with E-state index < -0.39 is 0 Å². The van der Waals surface area contributed by atoms with Gasteiger partial charge in [0.2, 0.25) is 0 Å². The fraction of sp³-hybridized carbons (Fsp3) is 0.737. The van der Waals surface area contributed by atoms with Crippen LogP contribution >= 0.6 is 0 Å². The van der Waals surface area contributed by atoms with Gasteiger partial charge in [0.05, 0.1) is 12.4 Å². The van der Waals surface area contributed by atoms with E-state index in [9.17, 15) is 4.79 Å². The molecule has 6 nitrogen and oxygen atoms in total. The number of likely N-dealkylation sites (tertiary alicyclic amines) is 1. The Morgan fingerprint density at radius 2 is 1.96 bits per heavy atom. The molecule has 0 aromatic carbocycles. The van der Waals surface area contributed by atoms with Gasteiger partial charge in [-0.1, -0.05) is 13.3 Å². The van der Waals surface area contributed by atoms with E-state index in [0.29, 0.717) is 17.7 Å². The smallest absolute Gasteiger partial charge is 0.274 e. The van der Waals surface area contributed by atoms with Gasteiger partial charge in [0.25, 0.3) is 5.91 Å². The first-order chi connectivity index (χ1) is 12.1. The van der Waals surface area contributed by atoms with Gasteiger partial charge in [-0.3, -0.25) is 9.78 Å². The number of nitrogens with zero attached hydrogens (tertiary/aromatic N) is 5. The molecule has 1 aromatic heterocycles. The predicted molar refractivity (Wildman–Crippen MR) is 99.9 cm³/mol. The Kier molecular flexibility index (Phi) is 5.89. The first kappa shape index (κ1) is 18.1. The maximum atomic E-state index is 12.7. The minimum atomic E-state index is 0.0301. The summed E-state index contributed by atoms with van der Waals surface area (Å²) in [6.07, 6.45) is 9.23. The number of amides is 1. The van der Waals surface area contributed by atoms with Crippen molar-refractivity contribution in [2.24, 2.45) is 5.92 Å². The highest BCUT2D eigenvalue weighted by Gasteiger charge is 2.34. The molecule has 2 atom stereocenters. The molecule has 0 saturated carbocycles. The number of carbonyl (C=O) groups is 1. The van der Waals surface area contributed by atoms with E-state index in [2.05, 4.69) is 40.8 Å². The molecule has 1 aromatic rings. The van der Waals surface area contributed by atoms with Gasteiger partial charge >= 0.3 is 0 Å². The van der Waals surface area contributed by atoms with Crippen LogP contribution in [0.15, 0.2) is 12.4 Å². The van der Waals surface area contributed by atoms with Crippen LogP contribution in [-0.4, -0.2) is 72.0 Å². The third kappa shape index (κ3) is 4.11. The maximum Gasteiger partial charge on any atom is 0.274 e. The van der Waals surface area contributed by atoms with Gasteiger partial charge in [-0.05, 0) is 45.7 Å². The zero-order valence-corrected chi connectivity index (χ0v) is 15.8. The molecule has 0 spiro atoms. The Balaban J connectivity index is 1.74. The molecule has 2 aliphatic rings. The van der Waals surface area contributed by atoms with Crippen molar-refractivity contribution in [3.05, 3.63) is 18.1 Å². The fourth-order valence-corrected chi connectivity index (χ4v) is 4.15. The lowest BCUT2D eigenvalue weighted by molar-refractivity contribution is 0.0718. The predicted octanol–water partition coefficient (Wildman–Crippen LogP) is 2.27. The van der Waals surface area contributed by atoms with Crippen LogP contribution in [0.1, 0.15) is 49.5 Å². The zero-order chi connectivity index (χ0) is 17.8. The molecule has 25 heavy (non-hydrogen) atoms. The average molecular weight is 345 g/mol. The Labute approximate surface area is 151 Å². The molecule has 0 radical (unpaired) electrons. The van der Waals surface area contributed by atoms with E-state index in [1.807, 2.05) is 4.90 Å². The summed E-state index contributed by atoms with van der Waals surface area (Å²) in [7, 11) is 4.30. The average Bonchev–Trinajstić information content (AvgIpc) is 3.07. The van der Waals surface area contributed by atoms with Crippen LogP contribution in [0.4, 0.5) is 5.82 Å². The van der Waals surface area contributed by atoms with Gasteiger partial charge in [0.15, 0.2) is 0 Å². The van der Waals surface area contributed by atoms with Crippen LogP contribution in [0.25, 0.3) is 0 Å². The summed E-state index contributed by atoms with van der Waals surface area (Å²) in [6.45, 7) is 5.87. The molecule has 1 amide bonds. The van der Waals surface area contributed by atoms with Crippen molar-refractivity contribution in [1.82, 2.24) is 19.8 Å². The van der Waals surface area contributed by atoms with E-state index in [1.165, 1.54) is 19.3 Å². The second-order valence-electron chi connectivity index (χ2n) is 7.60. The standard InChI is InChI=1S/C19H31N5O/c1-4-8-15-13-24(14-17(15)22(2)3)18-12-20-11-16(21-18)19(25)23-9-6-5-7-10-23/h11-12,15,17H,4-10,13-14H2,1-3H3/t15-,17-/m1/s1. The number of piperidine rings is 1. The summed E-state index contributed by atoms with van der Waals surface area (Å²) in [5.41, 5.74) is 0.486. The van der Waals surface area contributed by atoms with Crippen LogP contribution in [0, 0.1) is 5.92 Å². The van der Waals surface area contributed by atoms with Crippen molar-refractivity contribution in [3.8, 4) is 0 Å². The Morgan fingerprint density at radius 3 is 2.64 bits per heavy atom. The number of aromatic nitrogens is 2. The first-order valence-corrected chi connectivity index (χ1v) is 9.63. The van der Waals surface area contributed by atoms with Crippen LogP contribution in [-0.2, 0) is 0 Å². The van der Waals surface area contributed by atoms with Gasteiger partial charge in [-0.15, -0.1) is 0 Å². The van der Waals surface area contributed by atoms with Crippen molar-refractivity contribution in [2.75, 3.05) is 45.2 Å². The highest BCUT2D eigenvalue weighted by molar-refractivity contribution is 5.92. The number of hydrogen-bond acceptors (Lipinski definition) is 5. The lowest BCUT2D eigenvalue weighted by Crippen LogP contribution is -2.36. The van der Waals surface area contributed by atoms with E-state index in [-0.39, 0.29) is 5.91 Å². The van der Waals surface area contributed by atoms with Gasteiger partial charge in [-0.2, -0.15) is 0 Å². The highest BCUT2D eigenvalue weighted by atomic mass is 16.2. The van der Waals surface area contributed by atoms with Crippen molar-refractivity contribution in [1.29, 1.82) is 0 Å². The minimum Gasteiger partial charge on any atom is -0.353 e. The van der Waals surface area contributed by atoms with Gasteiger partial charge < -0.3 is 14.7 Å². The second kappa shape index (κ2) is 8.13. The lowest BCUT2D eigenvalue weighted by Gasteiger charge is -2.26. The van der Waals surface area contributed by atoms with Crippen molar-refractivity contribution in [2.45, 2.75) is 45.1 Å². The van der Waals surface area contributed by atoms with Crippen molar-refractivity contribution in [3.63, 3.8) is 0 Å². The topological polar surface area (TPSA) is 52.6 Å². The van der Waals surface area contributed by atoms with Gasteiger partial charge in [0.1, 0.15) is 11.5 Å². The molecule has 2 saturated heterocycles. The summed E-state index contributed by atoms with van der Waals surface area (Å²) >= 11 is 0. The monoisotopic (exact) mass is 345 g/mol. The molecule has 0 unspecified atom stereocenters. The molecule has 2 aliphatic heterocycles. The molecular weight excluding hydrogens is 314 g/mol. The molecule has 3 heterocycles. The van der Waals surface area contributed by atoms with Crippen LogP contribution in [0.3, 0.4) is 0 Å². The molecule has 0 aliphatic carbocycles. The third-order valence-corrected chi connectivity index (χ3v) is 5.54. The summed E-state index contributed by atoms with van der Waals surface area (Å²) in [4.78, 5) is 28.2. The van der Waals surface area contributed by atoms with Crippen LogP contribution < -0.4 is 4.90 Å². The van der Waals surface area contributed by atoms with Gasteiger partial charge in [-0.25, -0.2) is 4.98 Å². The highest BCUT2D eigenvalue weighted by Crippen LogP contribution is 2.28. The number of rotatable bonds is 5. The second-order valence-corrected chi connectivity index (χ2v) is 7.60. The molecule has 6 heteroatoms. The molecule has 3 rings (SSSR count). The van der Waals surface area contributed by atoms with Crippen molar-refractivity contribution < 1.29 is 4.79 Å². The summed E-state index contributed by atoms with van der Waals surface area (Å²) in [5.74, 6) is 1.51. The quantitative estimate of drug-likeness (QED) is 0.819. The number of hydrogen-bond donors (Lipinski definition) is 0. The molecule has 0 N–H and O–H groups in total. The normalized spacial score (nSPS) is 24.2. The first-order valence-electron chi connectivity index (χ1n) is 9.63. The minimum absolute atomic E-state index is 0.0301. The van der Waals surface area contributed by atoms with E-state index in [4.69, 9.17) is 0 Å². The van der Waals surface area contributed by atoms with Crippen LogP contribution in [0.2, 0.25) is 0 Å². The van der Waals surface area contributed by atoms with E-state index >= 15 is 0 Å². The Bertz CT molecular complexity index is 585. The SMILES string of the molecule is CCC[C@@H]1CN(c2cncc(C(=O)N3CCCCC3)n2)C[C@H]1N(C)C. The zero-order valence-electron chi connectivity index (χ0n) is 15.8. The van der Waals surface area contributed by atoms with Gasteiger partial charge in [0, 0.05) is 32.2 Å². The summed E-state index contributed by atoms with van der Waals surface area (Å²) in [5, 5.41) is 0. The molecule has 0 bridgehead atoms. The number of likely N-dealkylation sites (N-methyl/N-ethyl adjacent to an activating group) is 1. The fourth-order valence-electron chi connectivity index (χ4n) is 4.15. The lowest BCUT2D eigenvalue weighted by atomic mass is 9.98. The van der Waals surface area contributed by atoms with E-state index in [1.54, 1.807) is 12.4 Å². The Morgan fingerprint density at radius 1 is 1.20 bits per heavy atom.